The summed E-state index contributed by atoms with van der Waals surface area (Å²) < 4.78 is 15.0. The first-order valence-corrected chi connectivity index (χ1v) is 4.76. The molecule has 0 heterocycles. The highest BCUT2D eigenvalue weighted by molar-refractivity contribution is 5.77. The zero-order valence-corrected chi connectivity index (χ0v) is 9.76. The van der Waals surface area contributed by atoms with Crippen LogP contribution in [-0.4, -0.2) is 37.5 Å². The van der Waals surface area contributed by atoms with Crippen LogP contribution in [0.5, 0.6) is 17.2 Å². The van der Waals surface area contributed by atoms with Crippen LogP contribution < -0.4 is 14.2 Å². The Morgan fingerprint density at radius 3 is 1.88 bits per heavy atom. The molecule has 6 heteroatoms. The number of aliphatic hydroxyl groups excluding tert-OH is 1. The predicted octanol–water partition coefficient (Wildman–Crippen LogP) is 0.830. The molecule has 2 N–H and O–H groups in total. The van der Waals surface area contributed by atoms with Gasteiger partial charge in [-0.2, -0.15) is 0 Å². The first-order chi connectivity index (χ1) is 8.04. The number of carbonyl (C=O) groups is 1. The van der Waals surface area contributed by atoms with Gasteiger partial charge in [0.1, 0.15) is 17.2 Å². The number of rotatable bonds is 5. The first-order valence-electron chi connectivity index (χ1n) is 4.76. The minimum Gasteiger partial charge on any atom is -0.496 e. The summed E-state index contributed by atoms with van der Waals surface area (Å²) in [6, 6.07) is 2.95. The van der Waals surface area contributed by atoms with Crippen LogP contribution in [0.1, 0.15) is 11.7 Å². The Kier molecular flexibility index (Phi) is 4.17. The van der Waals surface area contributed by atoms with Gasteiger partial charge in [-0.1, -0.05) is 0 Å². The smallest absolute Gasteiger partial charge is 0.337 e. The summed E-state index contributed by atoms with van der Waals surface area (Å²) in [6.45, 7) is 0. The second-order valence-electron chi connectivity index (χ2n) is 3.19. The Morgan fingerprint density at radius 2 is 1.59 bits per heavy atom. The van der Waals surface area contributed by atoms with Gasteiger partial charge in [0.2, 0.25) is 0 Å². The average molecular weight is 242 g/mol. The van der Waals surface area contributed by atoms with Gasteiger partial charge in [0.05, 0.1) is 26.9 Å². The third kappa shape index (κ3) is 2.59. The second-order valence-corrected chi connectivity index (χ2v) is 3.19. The third-order valence-electron chi connectivity index (χ3n) is 2.26. The van der Waals surface area contributed by atoms with Crippen molar-refractivity contribution in [2.24, 2.45) is 0 Å². The SMILES string of the molecule is COc1cc(OC)c([C@H](O)C(=O)O)c(OC)c1. The van der Waals surface area contributed by atoms with Crippen molar-refractivity contribution >= 4 is 5.97 Å². The summed E-state index contributed by atoms with van der Waals surface area (Å²) in [5.74, 6) is -0.556. The van der Waals surface area contributed by atoms with Gasteiger partial charge in [0.25, 0.3) is 0 Å². The molecule has 0 amide bonds. The summed E-state index contributed by atoms with van der Waals surface area (Å²) in [7, 11) is 4.19. The zero-order valence-electron chi connectivity index (χ0n) is 9.76. The maximum absolute atomic E-state index is 10.8. The largest absolute Gasteiger partial charge is 0.496 e. The fourth-order valence-electron chi connectivity index (χ4n) is 1.43. The third-order valence-corrected chi connectivity index (χ3v) is 2.26. The monoisotopic (exact) mass is 242 g/mol. The van der Waals surface area contributed by atoms with Crippen LogP contribution in [-0.2, 0) is 4.79 Å². The van der Waals surface area contributed by atoms with Gasteiger partial charge >= 0.3 is 5.97 Å². The van der Waals surface area contributed by atoms with E-state index in [0.717, 1.165) is 0 Å². The van der Waals surface area contributed by atoms with Crippen LogP contribution in [0.3, 0.4) is 0 Å². The van der Waals surface area contributed by atoms with Gasteiger partial charge in [-0.3, -0.25) is 0 Å². The van der Waals surface area contributed by atoms with Crippen molar-refractivity contribution in [3.8, 4) is 17.2 Å². The molecule has 0 aliphatic heterocycles. The van der Waals surface area contributed by atoms with Gasteiger partial charge in [-0.05, 0) is 0 Å². The Labute approximate surface area is 98.3 Å². The molecular weight excluding hydrogens is 228 g/mol. The van der Waals surface area contributed by atoms with E-state index in [1.165, 1.54) is 33.5 Å². The van der Waals surface area contributed by atoms with E-state index >= 15 is 0 Å². The molecule has 0 unspecified atom stereocenters. The normalized spacial score (nSPS) is 11.8. The number of carboxylic acid groups (broad SMARTS) is 1. The maximum Gasteiger partial charge on any atom is 0.337 e. The topological polar surface area (TPSA) is 85.2 Å². The van der Waals surface area contributed by atoms with Gasteiger partial charge in [0.15, 0.2) is 6.10 Å². The van der Waals surface area contributed by atoms with Gasteiger partial charge in [-0.15, -0.1) is 0 Å². The van der Waals surface area contributed by atoms with Gasteiger partial charge < -0.3 is 24.4 Å². The fraction of sp³-hybridized carbons (Fsp3) is 0.364. The molecule has 1 aromatic carbocycles. The van der Waals surface area contributed by atoms with Gasteiger partial charge in [0, 0.05) is 12.1 Å². The summed E-state index contributed by atoms with van der Waals surface area (Å²) >= 11 is 0. The van der Waals surface area contributed by atoms with E-state index in [4.69, 9.17) is 19.3 Å². The number of hydrogen-bond acceptors (Lipinski definition) is 5. The predicted molar refractivity (Wildman–Crippen MR) is 58.7 cm³/mol. The van der Waals surface area contributed by atoms with Crippen molar-refractivity contribution in [3.05, 3.63) is 17.7 Å². The van der Waals surface area contributed by atoms with Crippen LogP contribution in [0.4, 0.5) is 0 Å². The highest BCUT2D eigenvalue weighted by Crippen LogP contribution is 2.38. The molecule has 0 aliphatic carbocycles. The molecule has 1 aromatic rings. The van der Waals surface area contributed by atoms with E-state index in [2.05, 4.69) is 0 Å². The minimum absolute atomic E-state index is 0.0586. The number of benzene rings is 1. The molecule has 0 radical (unpaired) electrons. The molecule has 1 rings (SSSR count). The molecule has 0 bridgehead atoms. The lowest BCUT2D eigenvalue weighted by Gasteiger charge is -2.16. The number of carboxylic acids is 1. The Balaban J connectivity index is 3.39. The Hall–Kier alpha value is -1.95. The molecule has 0 aromatic heterocycles. The van der Waals surface area contributed by atoms with Crippen LogP contribution in [0.25, 0.3) is 0 Å². The number of aliphatic hydroxyl groups is 1. The molecule has 0 saturated carbocycles. The van der Waals surface area contributed by atoms with Crippen molar-refractivity contribution in [1.29, 1.82) is 0 Å². The van der Waals surface area contributed by atoms with Crippen molar-refractivity contribution in [2.45, 2.75) is 6.10 Å². The summed E-state index contributed by atoms with van der Waals surface area (Å²) in [5.41, 5.74) is 0.0586. The van der Waals surface area contributed by atoms with Crippen molar-refractivity contribution in [3.63, 3.8) is 0 Å². The summed E-state index contributed by atoms with van der Waals surface area (Å²) in [6.07, 6.45) is -1.72. The van der Waals surface area contributed by atoms with Crippen LogP contribution in [0, 0.1) is 0 Å². The van der Waals surface area contributed by atoms with E-state index in [-0.39, 0.29) is 17.1 Å². The zero-order chi connectivity index (χ0) is 13.0. The minimum atomic E-state index is -1.72. The highest BCUT2D eigenvalue weighted by Gasteiger charge is 2.25. The highest BCUT2D eigenvalue weighted by atomic mass is 16.5. The fourth-order valence-corrected chi connectivity index (χ4v) is 1.43. The first kappa shape index (κ1) is 13.1. The molecule has 0 saturated heterocycles. The van der Waals surface area contributed by atoms with E-state index in [0.29, 0.717) is 5.75 Å². The van der Waals surface area contributed by atoms with Crippen molar-refractivity contribution in [2.75, 3.05) is 21.3 Å². The summed E-state index contributed by atoms with van der Waals surface area (Å²) in [5, 5.41) is 18.4. The van der Waals surface area contributed by atoms with E-state index < -0.39 is 12.1 Å². The Bertz CT molecular complexity index is 389. The lowest BCUT2D eigenvalue weighted by molar-refractivity contribution is -0.147. The molecule has 17 heavy (non-hydrogen) atoms. The second kappa shape index (κ2) is 5.40. The maximum atomic E-state index is 10.8. The Morgan fingerprint density at radius 1 is 1.12 bits per heavy atom. The summed E-state index contributed by atoms with van der Waals surface area (Å²) in [4.78, 5) is 10.8. The van der Waals surface area contributed by atoms with Crippen LogP contribution >= 0.6 is 0 Å². The number of methoxy groups -OCH3 is 3. The average Bonchev–Trinajstić information content (AvgIpc) is 2.35. The molecule has 94 valence electrons. The molecule has 0 aliphatic rings. The van der Waals surface area contributed by atoms with Crippen molar-refractivity contribution in [1.82, 2.24) is 0 Å². The standard InChI is InChI=1S/C11H14O6/c1-15-6-4-7(16-2)9(8(5-6)17-3)10(12)11(13)14/h4-5,10,12H,1-3H3,(H,13,14)/t10-/m0/s1. The van der Waals surface area contributed by atoms with Crippen LogP contribution in [0.15, 0.2) is 12.1 Å². The lowest BCUT2D eigenvalue weighted by Crippen LogP contribution is -2.13. The van der Waals surface area contributed by atoms with Crippen LogP contribution in [0.2, 0.25) is 0 Å². The van der Waals surface area contributed by atoms with Crippen molar-refractivity contribution < 1.29 is 29.2 Å². The number of aliphatic carboxylic acids is 1. The quantitative estimate of drug-likeness (QED) is 0.795. The van der Waals surface area contributed by atoms with E-state index in [9.17, 15) is 9.90 Å². The molecule has 1 atom stereocenters. The molecule has 0 spiro atoms. The molecule has 0 fully saturated rings. The molecule has 6 nitrogen and oxygen atoms in total. The number of hydrogen-bond donors (Lipinski definition) is 2. The van der Waals surface area contributed by atoms with E-state index in [1.807, 2.05) is 0 Å². The van der Waals surface area contributed by atoms with Gasteiger partial charge in [-0.25, -0.2) is 4.79 Å². The lowest BCUT2D eigenvalue weighted by atomic mass is 10.1. The number of ether oxygens (including phenoxy) is 3. The van der Waals surface area contributed by atoms with E-state index in [1.54, 1.807) is 0 Å². The molecular formula is C11H14O6.